The van der Waals surface area contributed by atoms with Gasteiger partial charge in [-0.3, -0.25) is 0 Å². The third kappa shape index (κ3) is 2.71. The van der Waals surface area contributed by atoms with Gasteiger partial charge in [0.1, 0.15) is 18.2 Å². The van der Waals surface area contributed by atoms with Gasteiger partial charge in [0.25, 0.3) is 0 Å². The molecule has 0 fully saturated rings. The lowest BCUT2D eigenvalue weighted by atomic mass is 10.4. The first-order valence-electron chi connectivity index (χ1n) is 3.89. The van der Waals surface area contributed by atoms with E-state index >= 15 is 0 Å². The standard InChI is InChI=1S/C7H10F3N3/c1-3-6-11-5(2)12-13(6)4-7(8,9)10/h3-4H2,1-2H3. The van der Waals surface area contributed by atoms with Crippen LogP contribution in [0.1, 0.15) is 18.6 Å². The van der Waals surface area contributed by atoms with Crippen molar-refractivity contribution in [3.8, 4) is 0 Å². The molecule has 1 heterocycles. The Labute approximate surface area is 73.6 Å². The summed E-state index contributed by atoms with van der Waals surface area (Å²) in [5.74, 6) is 0.746. The number of alkyl halides is 3. The van der Waals surface area contributed by atoms with Crippen LogP contribution in [0.5, 0.6) is 0 Å². The summed E-state index contributed by atoms with van der Waals surface area (Å²) in [5, 5.41) is 3.65. The Morgan fingerprint density at radius 3 is 2.46 bits per heavy atom. The molecule has 0 radical (unpaired) electrons. The Balaban J connectivity index is 2.87. The van der Waals surface area contributed by atoms with Crippen molar-refractivity contribution in [2.45, 2.75) is 33.0 Å². The molecule has 0 aliphatic rings. The van der Waals surface area contributed by atoms with E-state index in [2.05, 4.69) is 10.1 Å². The molecule has 0 aromatic carbocycles. The second-order valence-electron chi connectivity index (χ2n) is 2.70. The highest BCUT2D eigenvalue weighted by Crippen LogP contribution is 2.17. The Kier molecular flexibility index (Phi) is 2.58. The van der Waals surface area contributed by atoms with Gasteiger partial charge in [0.2, 0.25) is 0 Å². The summed E-state index contributed by atoms with van der Waals surface area (Å²) >= 11 is 0. The van der Waals surface area contributed by atoms with Crippen molar-refractivity contribution in [3.05, 3.63) is 11.6 Å². The molecule has 0 aliphatic heterocycles. The zero-order chi connectivity index (χ0) is 10.1. The molecule has 0 bridgehead atoms. The van der Waals surface area contributed by atoms with E-state index < -0.39 is 12.7 Å². The fraction of sp³-hybridized carbons (Fsp3) is 0.714. The van der Waals surface area contributed by atoms with Crippen molar-refractivity contribution in [3.63, 3.8) is 0 Å². The third-order valence-corrected chi connectivity index (χ3v) is 1.50. The minimum Gasteiger partial charge on any atom is -0.241 e. The van der Waals surface area contributed by atoms with Crippen LogP contribution in [0.25, 0.3) is 0 Å². The maximum Gasteiger partial charge on any atom is 0.408 e. The van der Waals surface area contributed by atoms with E-state index in [1.807, 2.05) is 0 Å². The first kappa shape index (κ1) is 10.0. The molecular formula is C7H10F3N3. The van der Waals surface area contributed by atoms with Crippen molar-refractivity contribution in [2.75, 3.05) is 0 Å². The van der Waals surface area contributed by atoms with Crippen LogP contribution in [0.3, 0.4) is 0 Å². The third-order valence-electron chi connectivity index (χ3n) is 1.50. The molecule has 1 rings (SSSR count). The van der Waals surface area contributed by atoms with Gasteiger partial charge in [-0.05, 0) is 6.92 Å². The number of hydrogen-bond acceptors (Lipinski definition) is 2. The Hall–Kier alpha value is -1.07. The summed E-state index contributed by atoms with van der Waals surface area (Å²) in [6.07, 6.45) is -3.78. The SMILES string of the molecule is CCc1nc(C)nn1CC(F)(F)F. The Morgan fingerprint density at radius 1 is 1.38 bits per heavy atom. The molecule has 0 saturated heterocycles. The molecule has 0 atom stereocenters. The van der Waals surface area contributed by atoms with E-state index in [9.17, 15) is 13.2 Å². The van der Waals surface area contributed by atoms with Gasteiger partial charge in [0.05, 0.1) is 0 Å². The minimum absolute atomic E-state index is 0.370. The predicted octanol–water partition coefficient (Wildman–Crippen LogP) is 1.71. The van der Waals surface area contributed by atoms with Gasteiger partial charge in [-0.1, -0.05) is 6.92 Å². The van der Waals surface area contributed by atoms with Gasteiger partial charge in [-0.15, -0.1) is 0 Å². The van der Waals surface area contributed by atoms with Crippen LogP contribution in [0, 0.1) is 6.92 Å². The highest BCUT2D eigenvalue weighted by atomic mass is 19.4. The molecular weight excluding hydrogens is 183 g/mol. The summed E-state index contributed by atoms with van der Waals surface area (Å²) in [5.41, 5.74) is 0. The van der Waals surface area contributed by atoms with E-state index in [0.29, 0.717) is 18.1 Å². The van der Waals surface area contributed by atoms with Gasteiger partial charge < -0.3 is 0 Å². The van der Waals surface area contributed by atoms with Crippen LogP contribution in [-0.2, 0) is 13.0 Å². The minimum atomic E-state index is -4.23. The van der Waals surface area contributed by atoms with Gasteiger partial charge in [-0.25, -0.2) is 9.67 Å². The number of aryl methyl sites for hydroxylation is 2. The molecule has 3 nitrogen and oxygen atoms in total. The molecule has 6 heteroatoms. The largest absolute Gasteiger partial charge is 0.408 e. The lowest BCUT2D eigenvalue weighted by Gasteiger charge is -2.07. The number of halogens is 3. The smallest absolute Gasteiger partial charge is 0.241 e. The van der Waals surface area contributed by atoms with E-state index in [1.165, 1.54) is 0 Å². The van der Waals surface area contributed by atoms with Crippen molar-refractivity contribution >= 4 is 0 Å². The lowest BCUT2D eigenvalue weighted by molar-refractivity contribution is -0.143. The van der Waals surface area contributed by atoms with Crippen molar-refractivity contribution in [1.29, 1.82) is 0 Å². The van der Waals surface area contributed by atoms with Crippen LogP contribution >= 0.6 is 0 Å². The maximum absolute atomic E-state index is 12.0. The topological polar surface area (TPSA) is 30.7 Å². The molecule has 1 aromatic heterocycles. The lowest BCUT2D eigenvalue weighted by Crippen LogP contribution is -2.20. The second kappa shape index (κ2) is 3.35. The van der Waals surface area contributed by atoms with Crippen LogP contribution in [0.15, 0.2) is 0 Å². The van der Waals surface area contributed by atoms with Gasteiger partial charge in [0.15, 0.2) is 0 Å². The van der Waals surface area contributed by atoms with E-state index in [1.54, 1.807) is 13.8 Å². The van der Waals surface area contributed by atoms with Crippen LogP contribution in [0.2, 0.25) is 0 Å². The number of aromatic nitrogens is 3. The van der Waals surface area contributed by atoms with Gasteiger partial charge in [0, 0.05) is 6.42 Å². The Morgan fingerprint density at radius 2 is 2.00 bits per heavy atom. The molecule has 0 aliphatic carbocycles. The molecule has 0 N–H and O–H groups in total. The van der Waals surface area contributed by atoms with Crippen LogP contribution in [0.4, 0.5) is 13.2 Å². The zero-order valence-corrected chi connectivity index (χ0v) is 7.39. The molecule has 1 aromatic rings. The highest BCUT2D eigenvalue weighted by molar-refractivity contribution is 4.90. The van der Waals surface area contributed by atoms with Crippen molar-refractivity contribution < 1.29 is 13.2 Å². The second-order valence-corrected chi connectivity index (χ2v) is 2.70. The van der Waals surface area contributed by atoms with Crippen LogP contribution < -0.4 is 0 Å². The normalized spacial score (nSPS) is 12.1. The first-order valence-corrected chi connectivity index (χ1v) is 3.89. The summed E-state index contributed by atoms with van der Waals surface area (Å²) < 4.78 is 36.8. The quantitative estimate of drug-likeness (QED) is 0.715. The summed E-state index contributed by atoms with van der Waals surface area (Å²) in [6, 6.07) is 0. The molecule has 13 heavy (non-hydrogen) atoms. The van der Waals surface area contributed by atoms with Crippen molar-refractivity contribution in [1.82, 2.24) is 14.8 Å². The van der Waals surface area contributed by atoms with Crippen molar-refractivity contribution in [2.24, 2.45) is 0 Å². The highest BCUT2D eigenvalue weighted by Gasteiger charge is 2.29. The van der Waals surface area contributed by atoms with E-state index in [4.69, 9.17) is 0 Å². The van der Waals surface area contributed by atoms with Gasteiger partial charge >= 0.3 is 6.18 Å². The number of nitrogens with zero attached hydrogens (tertiary/aromatic N) is 3. The number of rotatable bonds is 2. The molecule has 0 spiro atoms. The average molecular weight is 193 g/mol. The Bertz CT molecular complexity index is 290. The molecule has 74 valence electrons. The summed E-state index contributed by atoms with van der Waals surface area (Å²) in [7, 11) is 0. The van der Waals surface area contributed by atoms with Gasteiger partial charge in [-0.2, -0.15) is 18.3 Å². The van der Waals surface area contributed by atoms with E-state index in [-0.39, 0.29) is 0 Å². The number of hydrogen-bond donors (Lipinski definition) is 0. The maximum atomic E-state index is 12.0. The van der Waals surface area contributed by atoms with E-state index in [0.717, 1.165) is 4.68 Å². The molecule has 0 amide bonds. The first-order chi connectivity index (χ1) is 5.92. The van der Waals surface area contributed by atoms with Crippen LogP contribution in [-0.4, -0.2) is 20.9 Å². The molecule has 0 unspecified atom stereocenters. The summed E-state index contributed by atoms with van der Waals surface area (Å²) in [6.45, 7) is 2.26. The average Bonchev–Trinajstić information content (AvgIpc) is 2.27. The predicted molar refractivity (Wildman–Crippen MR) is 40.2 cm³/mol. The fourth-order valence-corrected chi connectivity index (χ4v) is 1.06. The zero-order valence-electron chi connectivity index (χ0n) is 7.39. The summed E-state index contributed by atoms with van der Waals surface area (Å²) in [4.78, 5) is 3.87. The fourth-order valence-electron chi connectivity index (χ4n) is 1.06. The monoisotopic (exact) mass is 193 g/mol. The molecule has 0 saturated carbocycles.